The predicted octanol–water partition coefficient (Wildman–Crippen LogP) is 3.48. The lowest BCUT2D eigenvalue weighted by atomic mass is 10.0. The zero-order chi connectivity index (χ0) is 14.0. The van der Waals surface area contributed by atoms with Gasteiger partial charge in [0.25, 0.3) is 0 Å². The molecule has 2 aromatic rings. The van der Waals surface area contributed by atoms with Gasteiger partial charge in [-0.2, -0.15) is 5.10 Å². The quantitative estimate of drug-likeness (QED) is 0.422. The van der Waals surface area contributed by atoms with Crippen LogP contribution in [0.25, 0.3) is 0 Å². The van der Waals surface area contributed by atoms with E-state index in [0.717, 1.165) is 25.8 Å². The number of hydrazine groups is 1. The molecule has 0 aliphatic heterocycles. The Morgan fingerprint density at radius 3 is 2.95 bits per heavy atom. The van der Waals surface area contributed by atoms with Gasteiger partial charge in [0.2, 0.25) is 0 Å². The Bertz CT molecular complexity index is 587. The third kappa shape index (κ3) is 3.13. The zero-order valence-electron chi connectivity index (χ0n) is 10.2. The fourth-order valence-electron chi connectivity index (χ4n) is 1.96. The molecule has 0 fully saturated rings. The van der Waals surface area contributed by atoms with E-state index < -0.39 is 0 Å². The number of nitrogens with two attached hydrogens (primary N) is 1. The first-order valence-corrected chi connectivity index (χ1v) is 7.95. The number of hydrogen-bond acceptors (Lipinski definition) is 3. The van der Waals surface area contributed by atoms with Crippen LogP contribution in [0.1, 0.15) is 24.2 Å². The van der Waals surface area contributed by atoms with E-state index >= 15 is 0 Å². The second-order valence-electron chi connectivity index (χ2n) is 3.96. The molecule has 102 valence electrons. The molecule has 4 nitrogen and oxygen atoms in total. The number of rotatable bonds is 4. The molecule has 0 aliphatic carbocycles. The minimum Gasteiger partial charge on any atom is -0.271 e. The molecule has 1 heterocycles. The van der Waals surface area contributed by atoms with E-state index in [4.69, 9.17) is 17.4 Å². The van der Waals surface area contributed by atoms with Crippen molar-refractivity contribution in [1.82, 2.24) is 15.2 Å². The summed E-state index contributed by atoms with van der Waals surface area (Å²) in [7, 11) is 0. The zero-order valence-corrected chi connectivity index (χ0v) is 14.7. The molecule has 0 spiro atoms. The molecule has 1 aromatic carbocycles. The van der Waals surface area contributed by atoms with Gasteiger partial charge in [0.05, 0.1) is 23.0 Å². The topological polar surface area (TPSA) is 55.9 Å². The van der Waals surface area contributed by atoms with Crippen LogP contribution in [0.4, 0.5) is 0 Å². The van der Waals surface area contributed by atoms with E-state index in [0.29, 0.717) is 5.02 Å². The highest BCUT2D eigenvalue weighted by Gasteiger charge is 2.22. The summed E-state index contributed by atoms with van der Waals surface area (Å²) >= 11 is 12.0. The van der Waals surface area contributed by atoms with Gasteiger partial charge in [0, 0.05) is 14.6 Å². The lowest BCUT2D eigenvalue weighted by Gasteiger charge is -2.20. The Morgan fingerprint density at radius 1 is 1.58 bits per heavy atom. The first-order valence-electron chi connectivity index (χ1n) is 5.70. The summed E-state index contributed by atoms with van der Waals surface area (Å²) in [6.07, 6.45) is 1.65. The van der Waals surface area contributed by atoms with Gasteiger partial charge in [0.1, 0.15) is 0 Å². The number of benzene rings is 1. The molecule has 3 N–H and O–H groups in total. The Hall–Kier alpha value is -0.150. The van der Waals surface area contributed by atoms with Crippen molar-refractivity contribution in [1.29, 1.82) is 0 Å². The van der Waals surface area contributed by atoms with E-state index in [1.54, 1.807) is 6.20 Å². The van der Waals surface area contributed by atoms with Crippen LogP contribution in [0, 0.1) is 3.57 Å². The molecule has 0 amide bonds. The van der Waals surface area contributed by atoms with Gasteiger partial charge in [-0.3, -0.25) is 10.5 Å². The predicted molar refractivity (Wildman–Crippen MR) is 88.9 cm³/mol. The molecule has 1 unspecified atom stereocenters. The van der Waals surface area contributed by atoms with Crippen molar-refractivity contribution in [3.63, 3.8) is 0 Å². The van der Waals surface area contributed by atoms with E-state index in [1.807, 2.05) is 29.8 Å². The van der Waals surface area contributed by atoms with Crippen molar-refractivity contribution in [2.24, 2.45) is 5.84 Å². The van der Waals surface area contributed by atoms with Crippen LogP contribution in [-0.4, -0.2) is 9.78 Å². The van der Waals surface area contributed by atoms with E-state index in [1.165, 1.54) is 0 Å². The summed E-state index contributed by atoms with van der Waals surface area (Å²) < 4.78 is 3.97. The highest BCUT2D eigenvalue weighted by molar-refractivity contribution is 14.1. The molecule has 0 saturated heterocycles. The first kappa shape index (κ1) is 15.2. The monoisotopic (exact) mass is 454 g/mol. The number of nitrogens with one attached hydrogen (secondary N) is 1. The Balaban J connectivity index is 2.56. The van der Waals surface area contributed by atoms with E-state index in [2.05, 4.69) is 49.0 Å². The summed E-state index contributed by atoms with van der Waals surface area (Å²) in [6.45, 7) is 2.76. The van der Waals surface area contributed by atoms with Crippen molar-refractivity contribution in [2.45, 2.75) is 19.5 Å². The van der Waals surface area contributed by atoms with Crippen LogP contribution in [0.2, 0.25) is 5.02 Å². The summed E-state index contributed by atoms with van der Waals surface area (Å²) in [6, 6.07) is 5.87. The van der Waals surface area contributed by atoms with E-state index in [9.17, 15) is 0 Å². The molecule has 7 heteroatoms. The van der Waals surface area contributed by atoms with Crippen LogP contribution >= 0.6 is 50.1 Å². The third-order valence-electron chi connectivity index (χ3n) is 2.84. The van der Waals surface area contributed by atoms with Gasteiger partial charge >= 0.3 is 0 Å². The molecular formula is C12H13BrClIN4. The van der Waals surface area contributed by atoms with Crippen LogP contribution in [0.15, 0.2) is 28.9 Å². The second-order valence-corrected chi connectivity index (χ2v) is 6.44. The summed E-state index contributed by atoms with van der Waals surface area (Å²) in [4.78, 5) is 0. The number of halogens is 3. The summed E-state index contributed by atoms with van der Waals surface area (Å²) in [5.74, 6) is 5.74. The highest BCUT2D eigenvalue weighted by Crippen LogP contribution is 2.32. The number of aromatic nitrogens is 2. The van der Waals surface area contributed by atoms with Crippen molar-refractivity contribution in [2.75, 3.05) is 0 Å². The number of hydrogen-bond donors (Lipinski definition) is 2. The largest absolute Gasteiger partial charge is 0.271 e. The molecular weight excluding hydrogens is 442 g/mol. The smallest absolute Gasteiger partial charge is 0.0904 e. The molecule has 0 bridgehead atoms. The standard InChI is InChI=1S/C12H13BrClIN4/c1-2-19-12(9(14)6-17-19)11(18-16)8-5-7(13)3-4-10(8)15/h3-6,11,18H,2,16H2,1H3. The molecule has 19 heavy (non-hydrogen) atoms. The Morgan fingerprint density at radius 2 is 2.32 bits per heavy atom. The summed E-state index contributed by atoms with van der Waals surface area (Å²) in [5, 5.41) is 4.87. The van der Waals surface area contributed by atoms with Gasteiger partial charge < -0.3 is 0 Å². The average molecular weight is 456 g/mol. The van der Waals surface area contributed by atoms with Crippen molar-refractivity contribution < 1.29 is 0 Å². The maximum absolute atomic E-state index is 6.25. The van der Waals surface area contributed by atoms with Crippen molar-refractivity contribution in [3.8, 4) is 0 Å². The van der Waals surface area contributed by atoms with Crippen molar-refractivity contribution in [3.05, 3.63) is 48.7 Å². The average Bonchev–Trinajstić information content (AvgIpc) is 2.76. The SMILES string of the molecule is CCn1ncc(Cl)c1C(NN)c1cc(Br)ccc1I. The maximum atomic E-state index is 6.25. The fraction of sp³-hybridized carbons (Fsp3) is 0.250. The van der Waals surface area contributed by atoms with Gasteiger partial charge in [0.15, 0.2) is 0 Å². The summed E-state index contributed by atoms with van der Waals surface area (Å²) in [5.41, 5.74) is 4.78. The van der Waals surface area contributed by atoms with Crippen LogP contribution < -0.4 is 11.3 Å². The highest BCUT2D eigenvalue weighted by atomic mass is 127. The third-order valence-corrected chi connectivity index (χ3v) is 4.61. The van der Waals surface area contributed by atoms with Crippen LogP contribution in [-0.2, 0) is 6.54 Å². The van der Waals surface area contributed by atoms with E-state index in [-0.39, 0.29) is 6.04 Å². The lowest BCUT2D eigenvalue weighted by molar-refractivity contribution is 0.542. The molecule has 0 saturated carbocycles. The molecule has 2 rings (SSSR count). The number of nitrogens with zero attached hydrogens (tertiary/aromatic N) is 2. The molecule has 0 radical (unpaired) electrons. The minimum atomic E-state index is -0.195. The van der Waals surface area contributed by atoms with Crippen LogP contribution in [0.3, 0.4) is 0 Å². The molecule has 1 aromatic heterocycles. The Labute approximate surface area is 138 Å². The normalized spacial score (nSPS) is 12.7. The van der Waals surface area contributed by atoms with Gasteiger partial charge in [-0.1, -0.05) is 27.5 Å². The van der Waals surface area contributed by atoms with Gasteiger partial charge in [-0.15, -0.1) is 0 Å². The Kier molecular flexibility index (Phi) is 5.24. The number of aryl methyl sites for hydroxylation is 1. The van der Waals surface area contributed by atoms with Crippen molar-refractivity contribution >= 4 is 50.1 Å². The molecule has 0 aliphatic rings. The molecule has 1 atom stereocenters. The minimum absolute atomic E-state index is 0.195. The maximum Gasteiger partial charge on any atom is 0.0904 e. The first-order chi connectivity index (χ1) is 9.08. The second kappa shape index (κ2) is 6.53. The van der Waals surface area contributed by atoms with Gasteiger partial charge in [-0.25, -0.2) is 5.43 Å². The fourth-order valence-corrected chi connectivity index (χ4v) is 3.24. The van der Waals surface area contributed by atoms with Crippen LogP contribution in [0.5, 0.6) is 0 Å². The van der Waals surface area contributed by atoms with Gasteiger partial charge in [-0.05, 0) is 53.3 Å². The lowest BCUT2D eigenvalue weighted by Crippen LogP contribution is -2.31.